The highest BCUT2D eigenvalue weighted by atomic mass is 32.2. The smallest absolute Gasteiger partial charge is 0.251 e. The molecule has 0 aliphatic rings. The highest BCUT2D eigenvalue weighted by Crippen LogP contribution is 2.04. The van der Waals surface area contributed by atoms with Crippen molar-refractivity contribution in [2.75, 3.05) is 32.9 Å². The van der Waals surface area contributed by atoms with E-state index >= 15 is 0 Å². The van der Waals surface area contributed by atoms with Gasteiger partial charge < -0.3 is 0 Å². The van der Waals surface area contributed by atoms with E-state index in [1.807, 2.05) is 13.8 Å². The average Bonchev–Trinajstić information content (AvgIpc) is 2.08. The summed E-state index contributed by atoms with van der Waals surface area (Å²) in [4.78, 5) is 1.56. The van der Waals surface area contributed by atoms with Crippen LogP contribution in [-0.4, -0.2) is 63.0 Å². The van der Waals surface area contributed by atoms with Crippen LogP contribution in [0.4, 0.5) is 8.78 Å². The minimum atomic E-state index is -3.23. The standard InChI is InChI=1S/C9H20F2N2O2S/c1-8(2)13(7-9(10)11)6-5-12(3)16(4,14)15/h8-9H,5-7H2,1-4H3. The molecule has 0 saturated heterocycles. The number of sulfonamides is 1. The molecule has 0 spiro atoms. The molecule has 16 heavy (non-hydrogen) atoms. The zero-order chi connectivity index (χ0) is 12.9. The number of hydrogen-bond donors (Lipinski definition) is 0. The predicted molar refractivity (Wildman–Crippen MR) is 60.2 cm³/mol. The van der Waals surface area contributed by atoms with E-state index < -0.39 is 16.4 Å². The van der Waals surface area contributed by atoms with Crippen LogP contribution < -0.4 is 0 Å². The molecule has 0 amide bonds. The third-order valence-electron chi connectivity index (χ3n) is 2.37. The Morgan fingerprint density at radius 2 is 1.69 bits per heavy atom. The van der Waals surface area contributed by atoms with Crippen LogP contribution in [0, 0.1) is 0 Å². The Bertz CT molecular complexity index is 294. The van der Waals surface area contributed by atoms with Gasteiger partial charge in [-0.2, -0.15) is 0 Å². The van der Waals surface area contributed by atoms with Gasteiger partial charge in [0.05, 0.1) is 12.8 Å². The van der Waals surface area contributed by atoms with Crippen molar-refractivity contribution in [1.82, 2.24) is 9.21 Å². The lowest BCUT2D eigenvalue weighted by Gasteiger charge is -2.27. The first kappa shape index (κ1) is 15.7. The van der Waals surface area contributed by atoms with Gasteiger partial charge in [-0.15, -0.1) is 0 Å². The summed E-state index contributed by atoms with van der Waals surface area (Å²) in [5, 5.41) is 0. The van der Waals surface area contributed by atoms with Gasteiger partial charge in [0.2, 0.25) is 10.0 Å². The summed E-state index contributed by atoms with van der Waals surface area (Å²) < 4.78 is 47.8. The van der Waals surface area contributed by atoms with Crippen molar-refractivity contribution < 1.29 is 17.2 Å². The number of nitrogens with zero attached hydrogens (tertiary/aromatic N) is 2. The van der Waals surface area contributed by atoms with Gasteiger partial charge in [-0.25, -0.2) is 21.5 Å². The fourth-order valence-electron chi connectivity index (χ4n) is 1.17. The Morgan fingerprint density at radius 1 is 1.19 bits per heavy atom. The Kier molecular flexibility index (Phi) is 6.35. The van der Waals surface area contributed by atoms with Gasteiger partial charge in [0.15, 0.2) is 0 Å². The number of likely N-dealkylation sites (N-methyl/N-ethyl adjacent to an activating group) is 1. The van der Waals surface area contributed by atoms with Crippen molar-refractivity contribution in [3.05, 3.63) is 0 Å². The lowest BCUT2D eigenvalue weighted by Crippen LogP contribution is -2.41. The fraction of sp³-hybridized carbons (Fsp3) is 1.00. The number of alkyl halides is 2. The quantitative estimate of drug-likeness (QED) is 0.680. The first-order chi connectivity index (χ1) is 7.14. The molecular weight excluding hydrogens is 238 g/mol. The maximum absolute atomic E-state index is 12.2. The molecule has 0 fully saturated rings. The van der Waals surface area contributed by atoms with Crippen molar-refractivity contribution in [1.29, 1.82) is 0 Å². The van der Waals surface area contributed by atoms with Crippen LogP contribution in [0.3, 0.4) is 0 Å². The van der Waals surface area contributed by atoms with E-state index in [1.54, 1.807) is 4.90 Å². The van der Waals surface area contributed by atoms with Crippen molar-refractivity contribution >= 4 is 10.0 Å². The maximum Gasteiger partial charge on any atom is 0.251 e. The third-order valence-corrected chi connectivity index (χ3v) is 3.69. The molecule has 7 heteroatoms. The van der Waals surface area contributed by atoms with Crippen LogP contribution in [0.5, 0.6) is 0 Å². The van der Waals surface area contributed by atoms with Crippen LogP contribution >= 0.6 is 0 Å². The molecule has 98 valence electrons. The van der Waals surface area contributed by atoms with Crippen molar-refractivity contribution in [3.63, 3.8) is 0 Å². The van der Waals surface area contributed by atoms with Gasteiger partial charge in [-0.05, 0) is 13.8 Å². The highest BCUT2D eigenvalue weighted by molar-refractivity contribution is 7.88. The summed E-state index contributed by atoms with van der Waals surface area (Å²) >= 11 is 0. The fourth-order valence-corrected chi connectivity index (χ4v) is 1.59. The Balaban J connectivity index is 4.23. The zero-order valence-electron chi connectivity index (χ0n) is 10.2. The molecular formula is C9H20F2N2O2S. The Hall–Kier alpha value is -0.270. The second kappa shape index (κ2) is 6.46. The maximum atomic E-state index is 12.2. The second-order valence-corrected chi connectivity index (χ2v) is 6.15. The normalized spacial score (nSPS) is 13.4. The first-order valence-electron chi connectivity index (χ1n) is 5.08. The van der Waals surface area contributed by atoms with Crippen LogP contribution in [0.2, 0.25) is 0 Å². The molecule has 0 radical (unpaired) electrons. The van der Waals surface area contributed by atoms with Gasteiger partial charge in [0, 0.05) is 26.2 Å². The van der Waals surface area contributed by atoms with Crippen LogP contribution in [0.15, 0.2) is 0 Å². The van der Waals surface area contributed by atoms with E-state index in [0.717, 1.165) is 10.6 Å². The van der Waals surface area contributed by atoms with E-state index in [4.69, 9.17) is 0 Å². The van der Waals surface area contributed by atoms with E-state index in [0.29, 0.717) is 6.54 Å². The van der Waals surface area contributed by atoms with Gasteiger partial charge in [0.1, 0.15) is 0 Å². The molecule has 0 atom stereocenters. The summed E-state index contributed by atoms with van der Waals surface area (Å²) in [6, 6.07) is -0.0260. The number of halogens is 2. The highest BCUT2D eigenvalue weighted by Gasteiger charge is 2.17. The molecule has 0 aromatic rings. The van der Waals surface area contributed by atoms with E-state index in [-0.39, 0.29) is 19.1 Å². The molecule has 0 bridgehead atoms. The molecule has 0 aromatic carbocycles. The molecule has 0 aliphatic carbocycles. The van der Waals surface area contributed by atoms with Crippen molar-refractivity contribution in [2.24, 2.45) is 0 Å². The zero-order valence-corrected chi connectivity index (χ0v) is 11.0. The predicted octanol–water partition coefficient (Wildman–Crippen LogP) is 0.853. The first-order valence-corrected chi connectivity index (χ1v) is 6.93. The Labute approximate surface area is 96.3 Å². The summed E-state index contributed by atoms with van der Waals surface area (Å²) in [6.45, 7) is 3.83. The lowest BCUT2D eigenvalue weighted by atomic mass is 10.3. The second-order valence-electron chi connectivity index (χ2n) is 4.06. The molecule has 0 saturated carbocycles. The summed E-state index contributed by atoms with van der Waals surface area (Å²) in [5.41, 5.74) is 0. The molecule has 0 heterocycles. The van der Waals surface area contributed by atoms with Crippen molar-refractivity contribution in [3.8, 4) is 0 Å². The minimum absolute atomic E-state index is 0.0260. The van der Waals surface area contributed by atoms with Gasteiger partial charge >= 0.3 is 0 Å². The molecule has 4 nitrogen and oxygen atoms in total. The largest absolute Gasteiger partial charge is 0.294 e. The topological polar surface area (TPSA) is 40.6 Å². The summed E-state index contributed by atoms with van der Waals surface area (Å²) in [5.74, 6) is 0. The number of rotatable bonds is 7. The van der Waals surface area contributed by atoms with E-state index in [2.05, 4.69) is 0 Å². The molecule has 0 aromatic heterocycles. The lowest BCUT2D eigenvalue weighted by molar-refractivity contribution is 0.0715. The monoisotopic (exact) mass is 258 g/mol. The molecule has 0 rings (SSSR count). The summed E-state index contributed by atoms with van der Waals surface area (Å²) in [7, 11) is -1.79. The number of hydrogen-bond acceptors (Lipinski definition) is 3. The average molecular weight is 258 g/mol. The molecule has 0 N–H and O–H groups in total. The molecule has 0 aliphatic heterocycles. The van der Waals surface area contributed by atoms with Gasteiger partial charge in [-0.3, -0.25) is 4.90 Å². The minimum Gasteiger partial charge on any atom is -0.294 e. The SMILES string of the molecule is CC(C)N(CCN(C)S(C)(=O)=O)CC(F)F. The molecule has 0 unspecified atom stereocenters. The third kappa shape index (κ3) is 6.34. The van der Waals surface area contributed by atoms with Crippen molar-refractivity contribution in [2.45, 2.75) is 26.3 Å². The van der Waals surface area contributed by atoms with Crippen LogP contribution in [-0.2, 0) is 10.0 Å². The summed E-state index contributed by atoms with van der Waals surface area (Å²) in [6.07, 6.45) is -1.30. The Morgan fingerprint density at radius 3 is 2.00 bits per heavy atom. The van der Waals surface area contributed by atoms with Crippen LogP contribution in [0.1, 0.15) is 13.8 Å². The van der Waals surface area contributed by atoms with E-state index in [9.17, 15) is 17.2 Å². The van der Waals surface area contributed by atoms with Crippen LogP contribution in [0.25, 0.3) is 0 Å². The van der Waals surface area contributed by atoms with E-state index in [1.165, 1.54) is 7.05 Å². The van der Waals surface area contributed by atoms with Gasteiger partial charge in [0.25, 0.3) is 6.43 Å². The van der Waals surface area contributed by atoms with Gasteiger partial charge in [-0.1, -0.05) is 0 Å².